The fraction of sp³-hybridized carbons (Fsp3) is 0.320. The summed E-state index contributed by atoms with van der Waals surface area (Å²) in [5.74, 6) is -0.0963. The summed E-state index contributed by atoms with van der Waals surface area (Å²) in [5.41, 5.74) is 1.84. The van der Waals surface area contributed by atoms with E-state index in [1.165, 1.54) is 22.1 Å². The third-order valence-electron chi connectivity index (χ3n) is 6.32. The number of hydrogen-bond acceptors (Lipinski definition) is 5. The summed E-state index contributed by atoms with van der Waals surface area (Å²) in [5, 5.41) is 9.94. The van der Waals surface area contributed by atoms with Gasteiger partial charge >= 0.3 is 197 Å². The Kier molecular flexibility index (Phi) is 6.39. The molecule has 0 amide bonds. The first-order valence-corrected chi connectivity index (χ1v) is 15.7. The number of rotatable bonds is 5. The second-order valence-corrected chi connectivity index (χ2v) is 16.5. The number of ether oxygens (including phenoxy) is 1. The van der Waals surface area contributed by atoms with Crippen molar-refractivity contribution in [2.75, 3.05) is 36.0 Å². The maximum absolute atomic E-state index is 12.9. The molecule has 2 aliphatic heterocycles. The average Bonchev–Trinajstić information content (AvgIpc) is 3.27. The molecule has 2 N–H and O–H groups in total. The number of carbonyl (C=O) groups is 1. The van der Waals surface area contributed by atoms with Crippen molar-refractivity contribution in [2.24, 2.45) is 0 Å². The fourth-order valence-corrected chi connectivity index (χ4v) is 8.64. The zero-order chi connectivity index (χ0) is 22.0. The molecule has 3 aromatic rings. The van der Waals surface area contributed by atoms with Crippen LogP contribution in [-0.2, 0) is 16.1 Å². The van der Waals surface area contributed by atoms with Crippen molar-refractivity contribution < 1.29 is 9.53 Å². The van der Waals surface area contributed by atoms with Gasteiger partial charge in [-0.05, 0) is 0 Å². The molecule has 0 aliphatic carbocycles. The molecule has 5 rings (SSSR count). The second-order valence-electron chi connectivity index (χ2n) is 8.64. The van der Waals surface area contributed by atoms with E-state index in [9.17, 15) is 4.79 Å². The number of esters is 1. The molecule has 2 heterocycles. The van der Waals surface area contributed by atoms with Crippen LogP contribution in [0.3, 0.4) is 0 Å². The fourth-order valence-electron chi connectivity index (χ4n) is 4.67. The molecule has 1 fully saturated rings. The van der Waals surface area contributed by atoms with Gasteiger partial charge in [-0.3, -0.25) is 0 Å². The molecule has 166 valence electrons. The normalized spacial score (nSPS) is 20.1. The quantitative estimate of drug-likeness (QED) is 0.291. The summed E-state index contributed by atoms with van der Waals surface area (Å²) < 4.78 is 5.68. The van der Waals surface area contributed by atoms with Gasteiger partial charge < -0.3 is 0 Å². The summed E-state index contributed by atoms with van der Waals surface area (Å²) in [6, 6.07) is 22.6. The molecule has 1 unspecified atom stereocenters. The summed E-state index contributed by atoms with van der Waals surface area (Å²) in [6.07, 6.45) is 4.60. The van der Waals surface area contributed by atoms with Gasteiger partial charge in [0.05, 0.1) is 0 Å². The number of anilines is 2. The van der Waals surface area contributed by atoms with Crippen LogP contribution < -0.4 is 10.6 Å². The predicted molar refractivity (Wildman–Crippen MR) is 134 cm³/mol. The number of hydrogen-bond donors (Lipinski definition) is 2. The Morgan fingerprint density at radius 1 is 1.00 bits per heavy atom. The monoisotopic (exact) mass is 513 g/mol. The zero-order valence-electron chi connectivity index (χ0n) is 18.0. The SMILES string of the molecule is O=C(OCc1ccccc1)C1CCCN1CP1(=[Se])CNc2cccc3cccc(c23)NC1. The maximum atomic E-state index is 12.9. The number of likely N-dealkylation sites (tertiary alicyclic amines) is 1. The molecule has 0 spiro atoms. The van der Waals surface area contributed by atoms with E-state index in [-0.39, 0.29) is 12.0 Å². The Hall–Kier alpha value is -2.10. The topological polar surface area (TPSA) is 53.6 Å². The van der Waals surface area contributed by atoms with Gasteiger partial charge in [-0.15, -0.1) is 0 Å². The molecule has 0 saturated carbocycles. The van der Waals surface area contributed by atoms with Crippen molar-refractivity contribution in [3.8, 4) is 0 Å². The van der Waals surface area contributed by atoms with Gasteiger partial charge in [0.25, 0.3) is 0 Å². The second kappa shape index (κ2) is 9.41. The molecule has 7 heteroatoms. The molecule has 0 radical (unpaired) electrons. The van der Waals surface area contributed by atoms with E-state index in [1.807, 2.05) is 30.3 Å². The average molecular weight is 512 g/mol. The van der Waals surface area contributed by atoms with Crippen LogP contribution in [0.5, 0.6) is 0 Å². The van der Waals surface area contributed by atoms with Gasteiger partial charge in [0.15, 0.2) is 0 Å². The molecule has 1 saturated heterocycles. The van der Waals surface area contributed by atoms with Crippen molar-refractivity contribution in [1.82, 2.24) is 4.90 Å². The van der Waals surface area contributed by atoms with Crippen LogP contribution in [0.2, 0.25) is 0 Å². The van der Waals surface area contributed by atoms with Gasteiger partial charge in [-0.1, -0.05) is 0 Å². The summed E-state index contributed by atoms with van der Waals surface area (Å²) in [4.78, 5) is 15.2. The van der Waals surface area contributed by atoms with E-state index < -0.39 is 5.51 Å². The Labute approximate surface area is 196 Å². The standard InChI is InChI=1S/C25H28N3O2PSe/c29-25(30-15-19-7-2-1-3-8-19)23-13-6-14-28(23)18-31(32)16-26-21-11-4-9-20-10-5-12-22(24(20)21)27-17-31/h1-5,7-12,23,26-27H,6,13-18H2. The Morgan fingerprint density at radius 3 is 2.38 bits per heavy atom. The molecule has 2 aliphatic rings. The first-order chi connectivity index (χ1) is 15.6. The predicted octanol–water partition coefficient (Wildman–Crippen LogP) is 4.86. The van der Waals surface area contributed by atoms with Crippen LogP contribution in [0.15, 0.2) is 66.7 Å². The van der Waals surface area contributed by atoms with E-state index in [4.69, 9.17) is 4.74 Å². The summed E-state index contributed by atoms with van der Waals surface area (Å²) in [6.45, 7) is 1.28. The van der Waals surface area contributed by atoms with Crippen LogP contribution in [0.1, 0.15) is 18.4 Å². The van der Waals surface area contributed by atoms with E-state index in [0.717, 1.165) is 43.8 Å². The molecule has 32 heavy (non-hydrogen) atoms. The summed E-state index contributed by atoms with van der Waals surface area (Å²) in [7, 11) is 0. The van der Waals surface area contributed by atoms with E-state index >= 15 is 0 Å². The number of nitrogens with one attached hydrogen (secondary N) is 2. The number of carbonyl (C=O) groups excluding carboxylic acids is 1. The van der Waals surface area contributed by atoms with Crippen LogP contribution in [-0.4, -0.2) is 57.4 Å². The first-order valence-electron chi connectivity index (χ1n) is 11.1. The van der Waals surface area contributed by atoms with Crippen LogP contribution >= 0.6 is 5.51 Å². The molecule has 1 atom stereocenters. The Balaban J connectivity index is 1.27. The van der Waals surface area contributed by atoms with Crippen LogP contribution in [0.25, 0.3) is 10.8 Å². The Morgan fingerprint density at radius 2 is 1.69 bits per heavy atom. The van der Waals surface area contributed by atoms with Gasteiger partial charge in [0.1, 0.15) is 0 Å². The van der Waals surface area contributed by atoms with Crippen LogP contribution in [0.4, 0.5) is 11.4 Å². The minimum atomic E-state index is -1.53. The molecular formula is C25H28N3O2PSe. The van der Waals surface area contributed by atoms with E-state index in [2.05, 4.69) is 67.0 Å². The van der Waals surface area contributed by atoms with E-state index in [0.29, 0.717) is 6.61 Å². The summed E-state index contributed by atoms with van der Waals surface area (Å²) >= 11 is 3.56. The minimum absolute atomic E-state index is 0.0963. The third-order valence-corrected chi connectivity index (χ3v) is 11.0. The molecule has 0 bridgehead atoms. The molecular weight excluding hydrogens is 484 g/mol. The number of benzene rings is 3. The number of nitrogens with zero attached hydrogens (tertiary/aromatic N) is 1. The van der Waals surface area contributed by atoms with Crippen molar-refractivity contribution in [1.29, 1.82) is 0 Å². The van der Waals surface area contributed by atoms with Crippen LogP contribution in [0, 0.1) is 0 Å². The molecule has 5 nitrogen and oxygen atoms in total. The van der Waals surface area contributed by atoms with Gasteiger partial charge in [-0.2, -0.15) is 0 Å². The van der Waals surface area contributed by atoms with Crippen molar-refractivity contribution in [2.45, 2.75) is 25.5 Å². The molecule has 3 aromatic carbocycles. The Bertz CT molecular complexity index is 1120. The van der Waals surface area contributed by atoms with Crippen molar-refractivity contribution in [3.05, 3.63) is 72.3 Å². The van der Waals surface area contributed by atoms with E-state index in [1.54, 1.807) is 0 Å². The zero-order valence-corrected chi connectivity index (χ0v) is 20.6. The first kappa shape index (κ1) is 21.7. The van der Waals surface area contributed by atoms with Crippen molar-refractivity contribution >= 4 is 48.7 Å². The van der Waals surface area contributed by atoms with Gasteiger partial charge in [0, 0.05) is 0 Å². The molecule has 0 aromatic heterocycles. The van der Waals surface area contributed by atoms with Crippen molar-refractivity contribution in [3.63, 3.8) is 0 Å². The van der Waals surface area contributed by atoms with Gasteiger partial charge in [-0.25, -0.2) is 0 Å². The third kappa shape index (κ3) is 4.65. The van der Waals surface area contributed by atoms with Gasteiger partial charge in [0.2, 0.25) is 0 Å².